The molecule has 18 heavy (non-hydrogen) atoms. The van der Waals surface area contributed by atoms with Gasteiger partial charge in [0.15, 0.2) is 0 Å². The fourth-order valence-corrected chi connectivity index (χ4v) is 1.58. The lowest BCUT2D eigenvalue weighted by molar-refractivity contribution is -0.139. The second-order valence-corrected chi connectivity index (χ2v) is 3.89. The van der Waals surface area contributed by atoms with E-state index in [1.165, 1.54) is 18.2 Å². The van der Waals surface area contributed by atoms with Crippen LogP contribution in [0.3, 0.4) is 0 Å². The van der Waals surface area contributed by atoms with Crippen LogP contribution in [-0.2, 0) is 4.79 Å². The van der Waals surface area contributed by atoms with E-state index in [2.05, 4.69) is 11.9 Å². The van der Waals surface area contributed by atoms with Crippen LogP contribution in [0.2, 0.25) is 5.02 Å². The third kappa shape index (κ3) is 3.30. The summed E-state index contributed by atoms with van der Waals surface area (Å²) in [6.45, 7) is 3.38. The van der Waals surface area contributed by atoms with Gasteiger partial charge in [0.1, 0.15) is 11.9 Å². The lowest BCUT2D eigenvalue weighted by Crippen LogP contribution is -2.40. The van der Waals surface area contributed by atoms with Gasteiger partial charge in [0, 0.05) is 0 Å². The molecule has 1 rings (SSSR count). The number of carboxylic acids is 1. The molecule has 0 saturated carbocycles. The van der Waals surface area contributed by atoms with Crippen molar-refractivity contribution in [2.24, 2.45) is 0 Å². The van der Waals surface area contributed by atoms with Gasteiger partial charge in [0.2, 0.25) is 0 Å². The maximum absolute atomic E-state index is 13.4. The zero-order chi connectivity index (χ0) is 13.7. The topological polar surface area (TPSA) is 66.4 Å². The van der Waals surface area contributed by atoms with Gasteiger partial charge >= 0.3 is 5.97 Å². The summed E-state index contributed by atoms with van der Waals surface area (Å²) < 4.78 is 13.4. The van der Waals surface area contributed by atoms with E-state index >= 15 is 0 Å². The van der Waals surface area contributed by atoms with E-state index in [1.54, 1.807) is 0 Å². The van der Waals surface area contributed by atoms with E-state index in [9.17, 15) is 14.0 Å². The van der Waals surface area contributed by atoms with E-state index in [1.807, 2.05) is 0 Å². The van der Waals surface area contributed by atoms with Crippen LogP contribution in [0.1, 0.15) is 16.8 Å². The van der Waals surface area contributed by atoms with Crippen molar-refractivity contribution in [3.63, 3.8) is 0 Å². The Bertz CT molecular complexity index is 470. The van der Waals surface area contributed by atoms with E-state index in [4.69, 9.17) is 16.7 Å². The first-order valence-electron chi connectivity index (χ1n) is 5.06. The molecule has 4 nitrogen and oxygen atoms in total. The highest BCUT2D eigenvalue weighted by atomic mass is 35.5. The SMILES string of the molecule is C=CCC(NC(=O)c1c(F)cccc1Cl)C(=O)O. The van der Waals surface area contributed by atoms with Gasteiger partial charge in [-0.1, -0.05) is 23.7 Å². The van der Waals surface area contributed by atoms with E-state index < -0.39 is 23.7 Å². The summed E-state index contributed by atoms with van der Waals surface area (Å²) in [6, 6.07) is 2.62. The molecule has 0 aliphatic heterocycles. The number of benzene rings is 1. The number of hydrogen-bond acceptors (Lipinski definition) is 2. The highest BCUT2D eigenvalue weighted by molar-refractivity contribution is 6.33. The van der Waals surface area contributed by atoms with Crippen molar-refractivity contribution < 1.29 is 19.1 Å². The Morgan fingerprint density at radius 3 is 2.72 bits per heavy atom. The quantitative estimate of drug-likeness (QED) is 0.807. The fourth-order valence-electron chi connectivity index (χ4n) is 1.33. The summed E-state index contributed by atoms with van der Waals surface area (Å²) in [7, 11) is 0. The van der Waals surface area contributed by atoms with Gasteiger partial charge < -0.3 is 10.4 Å². The van der Waals surface area contributed by atoms with Crippen molar-refractivity contribution in [1.82, 2.24) is 5.32 Å². The minimum atomic E-state index is -1.23. The Kier molecular flexibility index (Phi) is 4.85. The molecule has 0 aliphatic carbocycles. The minimum absolute atomic E-state index is 0.0349. The first kappa shape index (κ1) is 14.2. The molecule has 0 heterocycles. The van der Waals surface area contributed by atoms with Gasteiger partial charge in [-0.2, -0.15) is 0 Å². The van der Waals surface area contributed by atoms with Crippen molar-refractivity contribution >= 4 is 23.5 Å². The molecule has 1 amide bonds. The second-order valence-electron chi connectivity index (χ2n) is 3.49. The molecule has 0 aromatic heterocycles. The van der Waals surface area contributed by atoms with Crippen molar-refractivity contribution in [1.29, 1.82) is 0 Å². The minimum Gasteiger partial charge on any atom is -0.480 e. The van der Waals surface area contributed by atoms with Crippen LogP contribution < -0.4 is 5.32 Å². The largest absolute Gasteiger partial charge is 0.480 e. The highest BCUT2D eigenvalue weighted by Gasteiger charge is 2.22. The van der Waals surface area contributed by atoms with Crippen LogP contribution in [0.5, 0.6) is 0 Å². The van der Waals surface area contributed by atoms with Gasteiger partial charge in [-0.25, -0.2) is 9.18 Å². The molecule has 96 valence electrons. The Labute approximate surface area is 108 Å². The lowest BCUT2D eigenvalue weighted by Gasteiger charge is -2.13. The van der Waals surface area contributed by atoms with Crippen LogP contribution in [0.4, 0.5) is 4.39 Å². The van der Waals surface area contributed by atoms with Gasteiger partial charge in [0.05, 0.1) is 10.6 Å². The Hall–Kier alpha value is -1.88. The zero-order valence-corrected chi connectivity index (χ0v) is 10.1. The lowest BCUT2D eigenvalue weighted by atomic mass is 10.1. The van der Waals surface area contributed by atoms with Crippen LogP contribution in [-0.4, -0.2) is 23.0 Å². The first-order valence-corrected chi connectivity index (χ1v) is 5.43. The monoisotopic (exact) mass is 271 g/mol. The van der Waals surface area contributed by atoms with Gasteiger partial charge in [-0.3, -0.25) is 4.79 Å². The number of hydrogen-bond donors (Lipinski definition) is 2. The summed E-state index contributed by atoms with van der Waals surface area (Å²) in [4.78, 5) is 22.6. The molecule has 1 aromatic carbocycles. The van der Waals surface area contributed by atoms with E-state index in [0.29, 0.717) is 0 Å². The summed E-state index contributed by atoms with van der Waals surface area (Å²) in [6.07, 6.45) is 1.38. The van der Waals surface area contributed by atoms with Crippen molar-refractivity contribution in [2.45, 2.75) is 12.5 Å². The van der Waals surface area contributed by atoms with E-state index in [-0.39, 0.29) is 17.0 Å². The number of amides is 1. The predicted molar refractivity (Wildman–Crippen MR) is 65.1 cm³/mol. The molecule has 1 unspecified atom stereocenters. The standard InChI is InChI=1S/C12H11ClFNO3/c1-2-4-9(12(17)18)15-11(16)10-7(13)5-3-6-8(10)14/h2-3,5-6,9H,1,4H2,(H,15,16)(H,17,18). The molecule has 0 bridgehead atoms. The first-order chi connectivity index (χ1) is 8.47. The molecule has 1 atom stereocenters. The third-order valence-electron chi connectivity index (χ3n) is 2.20. The average molecular weight is 272 g/mol. The molecular formula is C12H11ClFNO3. The second kappa shape index (κ2) is 6.16. The van der Waals surface area contributed by atoms with Crippen LogP contribution >= 0.6 is 11.6 Å². The van der Waals surface area contributed by atoms with Crippen molar-refractivity contribution in [3.8, 4) is 0 Å². The fraction of sp³-hybridized carbons (Fsp3) is 0.167. The molecule has 0 saturated heterocycles. The maximum Gasteiger partial charge on any atom is 0.326 e. The molecule has 0 aliphatic rings. The molecular weight excluding hydrogens is 261 g/mol. The van der Waals surface area contributed by atoms with E-state index in [0.717, 1.165) is 6.07 Å². The van der Waals surface area contributed by atoms with Crippen LogP contribution in [0, 0.1) is 5.82 Å². The summed E-state index contributed by atoms with van der Waals surface area (Å²) >= 11 is 5.70. The third-order valence-corrected chi connectivity index (χ3v) is 2.51. The number of carbonyl (C=O) groups excluding carboxylic acids is 1. The summed E-state index contributed by atoms with van der Waals surface area (Å²) in [5.74, 6) is -2.90. The Balaban J connectivity index is 2.94. The molecule has 0 spiro atoms. The predicted octanol–water partition coefficient (Wildman–Crippen LogP) is 2.24. The normalized spacial score (nSPS) is 11.7. The molecule has 6 heteroatoms. The van der Waals surface area contributed by atoms with Gasteiger partial charge in [-0.15, -0.1) is 6.58 Å². The van der Waals surface area contributed by atoms with Crippen molar-refractivity contribution in [3.05, 3.63) is 47.3 Å². The molecule has 2 N–H and O–H groups in total. The van der Waals surface area contributed by atoms with Crippen LogP contribution in [0.15, 0.2) is 30.9 Å². The molecule has 1 aromatic rings. The number of aliphatic carboxylic acids is 1. The summed E-state index contributed by atoms with van der Waals surface area (Å²) in [5.41, 5.74) is -0.366. The number of carbonyl (C=O) groups is 2. The summed E-state index contributed by atoms with van der Waals surface area (Å²) in [5, 5.41) is 11.0. The Morgan fingerprint density at radius 2 is 2.22 bits per heavy atom. The zero-order valence-electron chi connectivity index (χ0n) is 9.32. The molecule has 0 fully saturated rings. The van der Waals surface area contributed by atoms with Gasteiger partial charge in [0.25, 0.3) is 5.91 Å². The maximum atomic E-state index is 13.4. The smallest absolute Gasteiger partial charge is 0.326 e. The van der Waals surface area contributed by atoms with Crippen molar-refractivity contribution in [2.75, 3.05) is 0 Å². The number of halogens is 2. The average Bonchev–Trinajstić information content (AvgIpc) is 2.28. The highest BCUT2D eigenvalue weighted by Crippen LogP contribution is 2.18. The number of carboxylic acid groups (broad SMARTS) is 1. The van der Waals surface area contributed by atoms with Gasteiger partial charge in [-0.05, 0) is 18.6 Å². The Morgan fingerprint density at radius 1 is 1.56 bits per heavy atom. The number of nitrogens with one attached hydrogen (secondary N) is 1. The number of rotatable bonds is 5. The van der Waals surface area contributed by atoms with Crippen LogP contribution in [0.25, 0.3) is 0 Å². The molecule has 0 radical (unpaired) electrons.